The predicted octanol–water partition coefficient (Wildman–Crippen LogP) is 7.96. The molecule has 0 amide bonds. The largest absolute Gasteiger partial charge is 0.0654 e. The molecule has 2 unspecified atom stereocenters. The average molecular weight is 296 g/mol. The summed E-state index contributed by atoms with van der Waals surface area (Å²) in [5, 5.41) is 0. The molecule has 0 saturated heterocycles. The van der Waals surface area contributed by atoms with Gasteiger partial charge in [0.25, 0.3) is 0 Å². The first-order valence-corrected chi connectivity index (χ1v) is 10.1. The highest BCUT2D eigenvalue weighted by Gasteiger charge is 2.15. The molecular formula is C21H43. The van der Waals surface area contributed by atoms with Crippen LogP contribution in [0, 0.1) is 18.3 Å². The molecule has 0 aromatic carbocycles. The van der Waals surface area contributed by atoms with E-state index < -0.39 is 0 Å². The Bertz CT molecular complexity index is 164. The molecule has 21 heavy (non-hydrogen) atoms. The third-order valence-electron chi connectivity index (χ3n) is 4.72. The Labute approximate surface area is 136 Å². The van der Waals surface area contributed by atoms with Gasteiger partial charge in [-0.25, -0.2) is 0 Å². The molecule has 2 atom stereocenters. The van der Waals surface area contributed by atoms with Gasteiger partial charge in [0.15, 0.2) is 0 Å². The van der Waals surface area contributed by atoms with Gasteiger partial charge in [-0.3, -0.25) is 0 Å². The first kappa shape index (κ1) is 21.0. The molecule has 0 aromatic rings. The third-order valence-corrected chi connectivity index (χ3v) is 4.72. The third kappa shape index (κ3) is 13.4. The Kier molecular flexibility index (Phi) is 16.4. The Morgan fingerprint density at radius 3 is 1.24 bits per heavy atom. The minimum atomic E-state index is 0.898. The van der Waals surface area contributed by atoms with Gasteiger partial charge in [0.2, 0.25) is 0 Å². The molecule has 0 heterocycles. The lowest BCUT2D eigenvalue weighted by Gasteiger charge is -2.23. The van der Waals surface area contributed by atoms with E-state index in [1.165, 1.54) is 89.9 Å². The molecule has 127 valence electrons. The highest BCUT2D eigenvalue weighted by molar-refractivity contribution is 4.83. The van der Waals surface area contributed by atoms with Gasteiger partial charge in [-0.1, -0.05) is 118 Å². The smallest absolute Gasteiger partial charge is 0.0324 e. The molecule has 0 saturated carbocycles. The van der Waals surface area contributed by atoms with Crippen molar-refractivity contribution in [3.63, 3.8) is 0 Å². The zero-order chi connectivity index (χ0) is 15.8. The van der Waals surface area contributed by atoms with E-state index in [2.05, 4.69) is 34.1 Å². The second-order valence-corrected chi connectivity index (χ2v) is 6.99. The normalized spacial score (nSPS) is 14.3. The van der Waals surface area contributed by atoms with Crippen molar-refractivity contribution < 1.29 is 0 Å². The Morgan fingerprint density at radius 2 is 0.905 bits per heavy atom. The highest BCUT2D eigenvalue weighted by Crippen LogP contribution is 2.28. The van der Waals surface area contributed by atoms with E-state index in [1.807, 2.05) is 0 Å². The molecule has 0 heteroatoms. The van der Waals surface area contributed by atoms with Crippen LogP contribution in [0.4, 0.5) is 0 Å². The number of rotatable bonds is 16. The van der Waals surface area contributed by atoms with Crippen molar-refractivity contribution in [2.75, 3.05) is 0 Å². The summed E-state index contributed by atoms with van der Waals surface area (Å²) in [7, 11) is 0. The molecule has 0 aliphatic rings. The maximum absolute atomic E-state index is 2.77. The summed E-state index contributed by atoms with van der Waals surface area (Å²) in [6.07, 6.45) is 22.6. The molecule has 0 aliphatic heterocycles. The molecule has 0 fully saturated rings. The number of hydrogen-bond acceptors (Lipinski definition) is 0. The summed E-state index contributed by atoms with van der Waals surface area (Å²) in [5.74, 6) is 1.80. The van der Waals surface area contributed by atoms with Crippen LogP contribution >= 0.6 is 0 Å². The number of unbranched alkanes of at least 4 members (excludes halogenated alkanes) is 6. The van der Waals surface area contributed by atoms with E-state index in [9.17, 15) is 0 Å². The van der Waals surface area contributed by atoms with Crippen LogP contribution in [-0.2, 0) is 0 Å². The van der Waals surface area contributed by atoms with Crippen LogP contribution in [0.15, 0.2) is 0 Å². The molecule has 0 aromatic heterocycles. The first-order valence-electron chi connectivity index (χ1n) is 10.1. The van der Waals surface area contributed by atoms with Crippen LogP contribution in [-0.4, -0.2) is 0 Å². The van der Waals surface area contributed by atoms with Crippen LogP contribution in [0.3, 0.4) is 0 Å². The lowest BCUT2D eigenvalue weighted by molar-refractivity contribution is 0.380. The maximum atomic E-state index is 2.77. The van der Waals surface area contributed by atoms with Crippen LogP contribution in [0.2, 0.25) is 0 Å². The van der Waals surface area contributed by atoms with E-state index >= 15 is 0 Å². The SMILES string of the molecule is CCCCCCC([CH]C(CCC)CCCCCC)CCC. The maximum Gasteiger partial charge on any atom is -0.0324 e. The first-order chi connectivity index (χ1) is 10.3. The van der Waals surface area contributed by atoms with E-state index in [1.54, 1.807) is 0 Å². The Balaban J connectivity index is 4.04. The standard InChI is InChI=1S/C21H43/c1-5-9-11-13-17-20(15-7-3)19-21(16-8-4)18-14-12-10-6-2/h19-21H,5-18H2,1-4H3. The van der Waals surface area contributed by atoms with Crippen molar-refractivity contribution >= 4 is 0 Å². The van der Waals surface area contributed by atoms with Crippen molar-refractivity contribution in [2.24, 2.45) is 11.8 Å². The predicted molar refractivity (Wildman–Crippen MR) is 98.6 cm³/mol. The van der Waals surface area contributed by atoms with Gasteiger partial charge >= 0.3 is 0 Å². The number of hydrogen-bond donors (Lipinski definition) is 0. The summed E-state index contributed by atoms with van der Waals surface area (Å²) in [6, 6.07) is 0. The molecule has 0 nitrogen and oxygen atoms in total. The molecule has 0 N–H and O–H groups in total. The molecular weight excluding hydrogens is 252 g/mol. The van der Waals surface area contributed by atoms with E-state index in [0.717, 1.165) is 11.8 Å². The fraction of sp³-hybridized carbons (Fsp3) is 0.952. The van der Waals surface area contributed by atoms with Crippen molar-refractivity contribution in [1.82, 2.24) is 0 Å². The molecule has 1 radical (unpaired) electrons. The van der Waals surface area contributed by atoms with Crippen LogP contribution in [0.25, 0.3) is 0 Å². The summed E-state index contributed by atoms with van der Waals surface area (Å²) < 4.78 is 0. The summed E-state index contributed by atoms with van der Waals surface area (Å²) in [4.78, 5) is 0. The fourth-order valence-electron chi connectivity index (χ4n) is 3.47. The van der Waals surface area contributed by atoms with Gasteiger partial charge in [-0.15, -0.1) is 0 Å². The van der Waals surface area contributed by atoms with Crippen molar-refractivity contribution in [3.05, 3.63) is 6.42 Å². The van der Waals surface area contributed by atoms with Crippen molar-refractivity contribution in [1.29, 1.82) is 0 Å². The van der Waals surface area contributed by atoms with E-state index in [-0.39, 0.29) is 0 Å². The lowest BCUT2D eigenvalue weighted by Crippen LogP contribution is -2.11. The average Bonchev–Trinajstić information content (AvgIpc) is 2.48. The van der Waals surface area contributed by atoms with Crippen LogP contribution in [0.1, 0.15) is 118 Å². The summed E-state index contributed by atoms with van der Waals surface area (Å²) in [5.41, 5.74) is 0. The Hall–Kier alpha value is 0. The topological polar surface area (TPSA) is 0 Å². The molecule has 0 aliphatic carbocycles. The summed E-state index contributed by atoms with van der Waals surface area (Å²) in [6.45, 7) is 9.32. The van der Waals surface area contributed by atoms with Gasteiger partial charge in [-0.2, -0.15) is 0 Å². The van der Waals surface area contributed by atoms with Crippen molar-refractivity contribution in [3.8, 4) is 0 Å². The lowest BCUT2D eigenvalue weighted by atomic mass is 9.83. The second kappa shape index (κ2) is 16.4. The van der Waals surface area contributed by atoms with Gasteiger partial charge < -0.3 is 0 Å². The van der Waals surface area contributed by atoms with Gasteiger partial charge in [0, 0.05) is 0 Å². The quantitative estimate of drug-likeness (QED) is 0.253. The minimum absolute atomic E-state index is 0.898. The van der Waals surface area contributed by atoms with Gasteiger partial charge in [-0.05, 0) is 18.3 Å². The van der Waals surface area contributed by atoms with Gasteiger partial charge in [0.05, 0.1) is 0 Å². The zero-order valence-electron chi connectivity index (χ0n) is 15.6. The minimum Gasteiger partial charge on any atom is -0.0654 e. The second-order valence-electron chi connectivity index (χ2n) is 6.99. The van der Waals surface area contributed by atoms with E-state index in [4.69, 9.17) is 0 Å². The fourth-order valence-corrected chi connectivity index (χ4v) is 3.47. The van der Waals surface area contributed by atoms with Crippen LogP contribution < -0.4 is 0 Å². The Morgan fingerprint density at radius 1 is 0.476 bits per heavy atom. The summed E-state index contributed by atoms with van der Waals surface area (Å²) >= 11 is 0. The van der Waals surface area contributed by atoms with Crippen molar-refractivity contribution in [2.45, 2.75) is 118 Å². The monoisotopic (exact) mass is 295 g/mol. The van der Waals surface area contributed by atoms with Gasteiger partial charge in [0.1, 0.15) is 0 Å². The van der Waals surface area contributed by atoms with E-state index in [0.29, 0.717) is 0 Å². The van der Waals surface area contributed by atoms with Crippen LogP contribution in [0.5, 0.6) is 0 Å². The molecule has 0 rings (SSSR count). The molecule has 0 bridgehead atoms. The zero-order valence-corrected chi connectivity index (χ0v) is 15.6. The molecule has 0 spiro atoms. The highest BCUT2D eigenvalue weighted by atomic mass is 14.2.